The summed E-state index contributed by atoms with van der Waals surface area (Å²) in [4.78, 5) is 10.3. The van der Waals surface area contributed by atoms with E-state index in [0.29, 0.717) is 40.8 Å². The number of carbonyl (C=O) groups excluding carboxylic acids is 1. The van der Waals surface area contributed by atoms with E-state index in [9.17, 15) is 4.79 Å². The van der Waals surface area contributed by atoms with Crippen molar-refractivity contribution in [1.82, 2.24) is 10.2 Å². The number of hydrogen-bond donors (Lipinski definition) is 0. The van der Waals surface area contributed by atoms with Crippen LogP contribution in [0.5, 0.6) is 0 Å². The van der Waals surface area contributed by atoms with Gasteiger partial charge in [-0.3, -0.25) is 4.79 Å². The van der Waals surface area contributed by atoms with Crippen LogP contribution < -0.4 is 0 Å². The van der Waals surface area contributed by atoms with Crippen molar-refractivity contribution in [3.8, 4) is 23.3 Å². The molecular weight excluding hydrogens is 320 g/mol. The Balaban J connectivity index is 1.83. The lowest BCUT2D eigenvalue weighted by Gasteiger charge is -2.15. The minimum Gasteiger partial charge on any atom is -0.418 e. The number of nitrogens with zero attached hydrogens (tertiary/aromatic N) is 2. The van der Waals surface area contributed by atoms with Crippen molar-refractivity contribution in [2.24, 2.45) is 0 Å². The molecule has 1 atom stereocenters. The van der Waals surface area contributed by atoms with Gasteiger partial charge in [-0.15, -0.1) is 10.2 Å². The number of hydrogen-bond acceptors (Lipinski definition) is 6. The Kier molecular flexibility index (Phi) is 4.18. The molecule has 0 spiro atoms. The second-order valence-electron chi connectivity index (χ2n) is 5.34. The van der Waals surface area contributed by atoms with Crippen molar-refractivity contribution in [2.75, 3.05) is 6.61 Å². The molecule has 0 unspecified atom stereocenters. The lowest BCUT2D eigenvalue weighted by molar-refractivity contribution is -0.141. The van der Waals surface area contributed by atoms with Gasteiger partial charge in [0.2, 0.25) is 11.8 Å². The van der Waals surface area contributed by atoms with Crippen LogP contribution in [0.15, 0.2) is 22.6 Å². The summed E-state index contributed by atoms with van der Waals surface area (Å²) in [7, 11) is 0. The third-order valence-corrected chi connectivity index (χ3v) is 3.52. The van der Waals surface area contributed by atoms with Crippen molar-refractivity contribution in [3.05, 3.63) is 34.7 Å². The Hall–Kier alpha value is -2.20. The highest BCUT2D eigenvalue weighted by molar-refractivity contribution is 6.32. The Morgan fingerprint density at radius 3 is 2.87 bits per heavy atom. The normalized spacial score (nSPS) is 19.2. The minimum absolute atomic E-state index is 0.324. The molecule has 118 valence electrons. The summed E-state index contributed by atoms with van der Waals surface area (Å²) in [6, 6.07) is 5.09. The van der Waals surface area contributed by atoms with Crippen LogP contribution in [0.4, 0.5) is 0 Å². The molecule has 0 radical (unpaired) electrons. The van der Waals surface area contributed by atoms with Crippen LogP contribution in [0, 0.1) is 11.8 Å². The Morgan fingerprint density at radius 1 is 1.39 bits per heavy atom. The first-order valence-electron chi connectivity index (χ1n) is 6.89. The van der Waals surface area contributed by atoms with Crippen molar-refractivity contribution in [3.63, 3.8) is 0 Å². The summed E-state index contributed by atoms with van der Waals surface area (Å²) < 4.78 is 16.8. The molecule has 6 nitrogen and oxygen atoms in total. The number of ether oxygens (including phenoxy) is 2. The van der Waals surface area contributed by atoms with E-state index in [4.69, 9.17) is 25.5 Å². The molecular formula is C16H13ClN2O4. The van der Waals surface area contributed by atoms with E-state index in [2.05, 4.69) is 22.0 Å². The zero-order valence-corrected chi connectivity index (χ0v) is 13.3. The number of aldehydes is 1. The molecule has 1 fully saturated rings. The Labute approximate surface area is 137 Å². The van der Waals surface area contributed by atoms with Crippen LogP contribution in [0.3, 0.4) is 0 Å². The van der Waals surface area contributed by atoms with Crippen LogP contribution in [0.2, 0.25) is 5.02 Å². The third kappa shape index (κ3) is 3.42. The molecule has 0 saturated carbocycles. The summed E-state index contributed by atoms with van der Waals surface area (Å²) in [5.41, 5.74) is 1.21. The molecule has 7 heteroatoms. The average molecular weight is 333 g/mol. The van der Waals surface area contributed by atoms with Crippen molar-refractivity contribution in [2.45, 2.75) is 25.7 Å². The van der Waals surface area contributed by atoms with Crippen LogP contribution >= 0.6 is 11.6 Å². The molecule has 1 aliphatic rings. The predicted octanol–water partition coefficient (Wildman–Crippen LogP) is 2.76. The third-order valence-electron chi connectivity index (χ3n) is 3.21. The molecule has 0 aliphatic carbocycles. The maximum Gasteiger partial charge on any atom is 0.248 e. The van der Waals surface area contributed by atoms with Crippen LogP contribution in [-0.2, 0) is 14.3 Å². The number of rotatable bonds is 2. The van der Waals surface area contributed by atoms with Gasteiger partial charge < -0.3 is 13.9 Å². The van der Waals surface area contributed by atoms with E-state index in [-0.39, 0.29) is 6.10 Å². The predicted molar refractivity (Wildman–Crippen MR) is 81.5 cm³/mol. The van der Waals surface area contributed by atoms with Crippen LogP contribution in [-0.4, -0.2) is 28.9 Å². The molecule has 0 bridgehead atoms. The van der Waals surface area contributed by atoms with Gasteiger partial charge in [0, 0.05) is 11.1 Å². The minimum atomic E-state index is -0.665. The first kappa shape index (κ1) is 15.7. The van der Waals surface area contributed by atoms with E-state index in [1.54, 1.807) is 18.2 Å². The summed E-state index contributed by atoms with van der Waals surface area (Å²) in [6.45, 7) is 4.00. The van der Waals surface area contributed by atoms with Crippen molar-refractivity contribution in [1.29, 1.82) is 0 Å². The van der Waals surface area contributed by atoms with Crippen LogP contribution in [0.25, 0.3) is 11.5 Å². The largest absolute Gasteiger partial charge is 0.418 e. The molecule has 3 rings (SSSR count). The molecule has 23 heavy (non-hydrogen) atoms. The van der Waals surface area contributed by atoms with Gasteiger partial charge in [-0.05, 0) is 38.0 Å². The second-order valence-corrected chi connectivity index (χ2v) is 5.75. The Morgan fingerprint density at radius 2 is 2.22 bits per heavy atom. The van der Waals surface area contributed by atoms with Crippen molar-refractivity contribution >= 4 is 17.9 Å². The zero-order valence-electron chi connectivity index (χ0n) is 12.5. The fourth-order valence-electron chi connectivity index (χ4n) is 2.15. The van der Waals surface area contributed by atoms with Gasteiger partial charge in [-0.1, -0.05) is 17.5 Å². The summed E-state index contributed by atoms with van der Waals surface area (Å²) >= 11 is 6.13. The molecule has 2 aromatic rings. The number of carbonyl (C=O) groups is 1. The smallest absolute Gasteiger partial charge is 0.248 e. The van der Waals surface area contributed by atoms with E-state index in [0.717, 1.165) is 0 Å². The maximum atomic E-state index is 10.3. The van der Waals surface area contributed by atoms with Gasteiger partial charge in [0.15, 0.2) is 18.2 Å². The summed E-state index contributed by atoms with van der Waals surface area (Å²) in [5, 5.41) is 8.41. The zero-order chi connectivity index (χ0) is 16.4. The lowest BCUT2D eigenvalue weighted by Crippen LogP contribution is -2.19. The SMILES string of the molecule is CC1(C)OC[C@@H](c2nnc(-c3ccc(C#CC=O)c(Cl)c3)o2)O1. The van der Waals surface area contributed by atoms with E-state index in [1.165, 1.54) is 0 Å². The fraction of sp³-hybridized carbons (Fsp3) is 0.312. The maximum absolute atomic E-state index is 10.3. The summed E-state index contributed by atoms with van der Waals surface area (Å²) in [5.74, 6) is 4.98. The molecule has 1 aliphatic heterocycles. The van der Waals surface area contributed by atoms with Gasteiger partial charge in [-0.2, -0.15) is 0 Å². The molecule has 0 N–H and O–H groups in total. The standard InChI is InChI=1S/C16H13ClN2O4/c1-16(2)21-9-13(23-16)15-19-18-14(22-15)11-6-5-10(4-3-7-20)12(17)8-11/h5-8,13H,9H2,1-2H3/t13-/m0/s1. The number of aromatic nitrogens is 2. The van der Waals surface area contributed by atoms with Crippen LogP contribution in [0.1, 0.15) is 31.4 Å². The number of halogens is 1. The highest BCUT2D eigenvalue weighted by Gasteiger charge is 2.36. The van der Waals surface area contributed by atoms with Gasteiger partial charge in [0.05, 0.1) is 11.6 Å². The fourth-order valence-corrected chi connectivity index (χ4v) is 2.37. The first-order chi connectivity index (χ1) is 11.0. The second kappa shape index (κ2) is 6.13. The van der Waals surface area contributed by atoms with E-state index < -0.39 is 5.79 Å². The van der Waals surface area contributed by atoms with Gasteiger partial charge in [0.25, 0.3) is 0 Å². The molecule has 1 aromatic heterocycles. The van der Waals surface area contributed by atoms with E-state index in [1.807, 2.05) is 13.8 Å². The average Bonchev–Trinajstić information content (AvgIpc) is 3.12. The van der Waals surface area contributed by atoms with Crippen molar-refractivity contribution < 1.29 is 18.7 Å². The van der Waals surface area contributed by atoms with E-state index >= 15 is 0 Å². The van der Waals surface area contributed by atoms with Gasteiger partial charge in [0.1, 0.15) is 0 Å². The highest BCUT2D eigenvalue weighted by Crippen LogP contribution is 2.33. The molecule has 0 amide bonds. The highest BCUT2D eigenvalue weighted by atomic mass is 35.5. The quantitative estimate of drug-likeness (QED) is 0.622. The Bertz CT molecular complexity index is 804. The first-order valence-corrected chi connectivity index (χ1v) is 7.26. The van der Waals surface area contributed by atoms with Gasteiger partial charge in [-0.25, -0.2) is 0 Å². The lowest BCUT2D eigenvalue weighted by atomic mass is 10.1. The van der Waals surface area contributed by atoms with Gasteiger partial charge >= 0.3 is 0 Å². The molecule has 1 aromatic carbocycles. The number of benzene rings is 1. The topological polar surface area (TPSA) is 74.5 Å². The molecule has 2 heterocycles. The molecule has 1 saturated heterocycles. The summed E-state index contributed by atoms with van der Waals surface area (Å²) in [6.07, 6.45) is 0.124. The monoisotopic (exact) mass is 332 g/mol.